The van der Waals surface area contributed by atoms with Gasteiger partial charge >= 0.3 is 6.18 Å². The molecule has 9 heteroatoms. The van der Waals surface area contributed by atoms with Crippen LogP contribution in [0, 0.1) is 17.1 Å². The van der Waals surface area contributed by atoms with E-state index in [1.807, 2.05) is 0 Å². The molecule has 0 aromatic heterocycles. The Kier molecular flexibility index (Phi) is 5.29. The third-order valence-corrected chi connectivity index (χ3v) is 3.29. The zero-order valence-corrected chi connectivity index (χ0v) is 12.6. The van der Waals surface area contributed by atoms with E-state index in [0.717, 1.165) is 18.2 Å². The Balaban J connectivity index is 2.23. The van der Waals surface area contributed by atoms with Crippen molar-refractivity contribution in [3.05, 3.63) is 63.9 Å². The Bertz CT molecular complexity index is 789. The molecule has 0 aliphatic carbocycles. The number of hydrogen-bond acceptors (Lipinski definition) is 4. The molecule has 3 N–H and O–H groups in total. The number of nitrogens with zero attached hydrogens (tertiary/aromatic N) is 1. The van der Waals surface area contributed by atoms with E-state index in [1.165, 1.54) is 12.1 Å². The van der Waals surface area contributed by atoms with Crippen molar-refractivity contribution in [1.29, 1.82) is 5.26 Å². The lowest BCUT2D eigenvalue weighted by atomic mass is 10.1. The van der Waals surface area contributed by atoms with Crippen molar-refractivity contribution in [3.63, 3.8) is 0 Å². The smallest absolute Gasteiger partial charge is 0.373 e. The van der Waals surface area contributed by atoms with Crippen LogP contribution < -0.4 is 10.9 Å². The fraction of sp³-hybridized carbons (Fsp3) is 0.133. The average molecular weight is 360 g/mol. The summed E-state index contributed by atoms with van der Waals surface area (Å²) in [5.74, 6) is -0.780. The average Bonchev–Trinajstić information content (AvgIpc) is 2.53. The maximum absolute atomic E-state index is 13.6. The highest BCUT2D eigenvalue weighted by atomic mass is 35.5. The van der Waals surface area contributed by atoms with Crippen molar-refractivity contribution >= 4 is 17.3 Å². The number of aliphatic hydroxyl groups excluding tert-OH is 1. The van der Waals surface area contributed by atoms with Gasteiger partial charge in [-0.25, -0.2) is 9.82 Å². The van der Waals surface area contributed by atoms with E-state index < -0.39 is 29.5 Å². The molecule has 2 aromatic carbocycles. The minimum atomic E-state index is -4.72. The molecule has 4 nitrogen and oxygen atoms in total. The monoisotopic (exact) mass is 359 g/mol. The Morgan fingerprint density at radius 3 is 2.50 bits per heavy atom. The van der Waals surface area contributed by atoms with Crippen molar-refractivity contribution in [1.82, 2.24) is 5.43 Å². The van der Waals surface area contributed by atoms with Crippen LogP contribution in [-0.2, 0) is 6.18 Å². The fourth-order valence-electron chi connectivity index (χ4n) is 1.91. The molecule has 2 aromatic rings. The molecule has 0 fully saturated rings. The predicted octanol–water partition coefficient (Wildman–Crippen LogP) is 3.98. The van der Waals surface area contributed by atoms with Gasteiger partial charge in [0.1, 0.15) is 12.0 Å². The summed E-state index contributed by atoms with van der Waals surface area (Å²) in [7, 11) is 0. The second kappa shape index (κ2) is 7.05. The van der Waals surface area contributed by atoms with Gasteiger partial charge in [0, 0.05) is 10.6 Å². The first-order valence-electron chi connectivity index (χ1n) is 6.48. The Hall–Kier alpha value is -2.34. The maximum atomic E-state index is 13.6. The predicted molar refractivity (Wildman–Crippen MR) is 79.3 cm³/mol. The number of hydrogen-bond donors (Lipinski definition) is 3. The molecule has 24 heavy (non-hydrogen) atoms. The Morgan fingerprint density at radius 2 is 1.88 bits per heavy atom. The Labute approximate surface area is 139 Å². The normalized spacial score (nSPS) is 12.5. The summed E-state index contributed by atoms with van der Waals surface area (Å²) in [5.41, 5.74) is 2.39. The first kappa shape index (κ1) is 18.0. The van der Waals surface area contributed by atoms with Crippen LogP contribution >= 0.6 is 11.6 Å². The molecule has 0 bridgehead atoms. The SMILES string of the molecule is N#Cc1ccc(NNC(O)c2cc(Cl)ccc2F)c(C(F)(F)F)c1. The summed E-state index contributed by atoms with van der Waals surface area (Å²) in [6.07, 6.45) is -6.37. The molecule has 0 amide bonds. The highest BCUT2D eigenvalue weighted by molar-refractivity contribution is 6.30. The van der Waals surface area contributed by atoms with E-state index >= 15 is 0 Å². The number of hydrazine groups is 1. The number of alkyl halides is 3. The molecule has 126 valence electrons. The molecule has 0 saturated carbocycles. The molecular formula is C15H10ClF4N3O. The molecule has 0 saturated heterocycles. The van der Waals surface area contributed by atoms with Crippen LogP contribution in [-0.4, -0.2) is 5.11 Å². The summed E-state index contributed by atoms with van der Waals surface area (Å²) < 4.78 is 52.6. The summed E-state index contributed by atoms with van der Waals surface area (Å²) >= 11 is 5.69. The van der Waals surface area contributed by atoms with Gasteiger partial charge in [0.2, 0.25) is 0 Å². The van der Waals surface area contributed by atoms with Gasteiger partial charge in [-0.2, -0.15) is 18.4 Å². The molecule has 2 rings (SSSR count). The van der Waals surface area contributed by atoms with Gasteiger partial charge in [0.25, 0.3) is 0 Å². The van der Waals surface area contributed by atoms with Crippen LogP contribution in [0.25, 0.3) is 0 Å². The quantitative estimate of drug-likeness (QED) is 0.439. The maximum Gasteiger partial charge on any atom is 0.418 e. The molecule has 0 spiro atoms. The zero-order valence-electron chi connectivity index (χ0n) is 11.8. The van der Waals surface area contributed by atoms with Crippen LogP contribution in [0.4, 0.5) is 23.2 Å². The van der Waals surface area contributed by atoms with Crippen LogP contribution in [0.15, 0.2) is 36.4 Å². The molecule has 0 aliphatic heterocycles. The van der Waals surface area contributed by atoms with E-state index in [0.29, 0.717) is 6.07 Å². The highest BCUT2D eigenvalue weighted by Crippen LogP contribution is 2.35. The summed E-state index contributed by atoms with van der Waals surface area (Å²) in [6, 6.07) is 7.89. The van der Waals surface area contributed by atoms with Crippen molar-refractivity contribution in [2.45, 2.75) is 12.4 Å². The zero-order chi connectivity index (χ0) is 17.9. The molecule has 1 unspecified atom stereocenters. The van der Waals surface area contributed by atoms with Crippen molar-refractivity contribution in [2.75, 3.05) is 5.43 Å². The first-order valence-corrected chi connectivity index (χ1v) is 6.86. The van der Waals surface area contributed by atoms with Crippen LogP contribution in [0.2, 0.25) is 5.02 Å². The van der Waals surface area contributed by atoms with Crippen molar-refractivity contribution < 1.29 is 22.7 Å². The molecule has 0 radical (unpaired) electrons. The van der Waals surface area contributed by atoms with Gasteiger partial charge in [-0.1, -0.05) is 11.6 Å². The largest absolute Gasteiger partial charge is 0.418 e. The van der Waals surface area contributed by atoms with E-state index in [1.54, 1.807) is 6.07 Å². The third kappa shape index (κ3) is 4.14. The first-order chi connectivity index (χ1) is 11.2. The lowest BCUT2D eigenvalue weighted by Gasteiger charge is -2.19. The highest BCUT2D eigenvalue weighted by Gasteiger charge is 2.34. The van der Waals surface area contributed by atoms with Gasteiger partial charge in [-0.3, -0.25) is 0 Å². The van der Waals surface area contributed by atoms with Gasteiger partial charge < -0.3 is 10.5 Å². The van der Waals surface area contributed by atoms with Crippen molar-refractivity contribution in [3.8, 4) is 6.07 Å². The number of aliphatic hydroxyl groups is 1. The van der Waals surface area contributed by atoms with Gasteiger partial charge in [0.05, 0.1) is 22.9 Å². The fourth-order valence-corrected chi connectivity index (χ4v) is 2.09. The van der Waals surface area contributed by atoms with Crippen LogP contribution in [0.1, 0.15) is 22.9 Å². The van der Waals surface area contributed by atoms with Gasteiger partial charge in [-0.15, -0.1) is 0 Å². The van der Waals surface area contributed by atoms with E-state index in [-0.39, 0.29) is 16.1 Å². The molecular weight excluding hydrogens is 350 g/mol. The molecule has 0 heterocycles. The van der Waals surface area contributed by atoms with E-state index in [2.05, 4.69) is 10.9 Å². The van der Waals surface area contributed by atoms with E-state index in [4.69, 9.17) is 16.9 Å². The number of anilines is 1. The number of halogens is 5. The third-order valence-electron chi connectivity index (χ3n) is 3.05. The van der Waals surface area contributed by atoms with Gasteiger partial charge in [-0.05, 0) is 36.4 Å². The molecule has 1 atom stereocenters. The Morgan fingerprint density at radius 1 is 1.17 bits per heavy atom. The van der Waals surface area contributed by atoms with Crippen molar-refractivity contribution in [2.24, 2.45) is 0 Å². The van der Waals surface area contributed by atoms with Crippen LogP contribution in [0.5, 0.6) is 0 Å². The summed E-state index contributed by atoms with van der Waals surface area (Å²) in [6.45, 7) is 0. The number of nitrogens with one attached hydrogen (secondary N) is 2. The second-order valence-corrected chi connectivity index (χ2v) is 5.14. The van der Waals surface area contributed by atoms with Gasteiger partial charge in [0.15, 0.2) is 0 Å². The standard InChI is InChI=1S/C15H10ClF4N3O/c16-9-2-3-12(17)10(6-9)14(24)23-22-13-4-1-8(7-21)5-11(13)15(18,19)20/h1-6,14,22-24H. The topological polar surface area (TPSA) is 68.1 Å². The minimum absolute atomic E-state index is 0.154. The summed E-state index contributed by atoms with van der Waals surface area (Å²) in [5, 5.41) is 18.7. The van der Waals surface area contributed by atoms with E-state index in [9.17, 15) is 22.7 Å². The second-order valence-electron chi connectivity index (χ2n) is 4.71. The lowest BCUT2D eigenvalue weighted by molar-refractivity contribution is -0.137. The number of nitriles is 1. The molecule has 0 aliphatic rings. The van der Waals surface area contributed by atoms with Crippen LogP contribution in [0.3, 0.4) is 0 Å². The minimum Gasteiger partial charge on any atom is -0.373 e. The lowest BCUT2D eigenvalue weighted by Crippen LogP contribution is -2.29. The number of rotatable bonds is 4. The number of benzene rings is 2. The summed E-state index contributed by atoms with van der Waals surface area (Å²) in [4.78, 5) is 0.